The van der Waals surface area contributed by atoms with E-state index in [9.17, 15) is 9.59 Å². The van der Waals surface area contributed by atoms with Crippen LogP contribution in [0.1, 0.15) is 51.0 Å². The SMILES string of the molecule is CCN(C(=O)NC1CC(=O)N(c2ccc(C)cc2)C1)C1CCCCC1. The number of anilines is 1. The molecule has 0 aromatic heterocycles. The van der Waals surface area contributed by atoms with Gasteiger partial charge >= 0.3 is 6.03 Å². The van der Waals surface area contributed by atoms with Crippen molar-refractivity contribution in [3.63, 3.8) is 0 Å². The van der Waals surface area contributed by atoms with Gasteiger partial charge in [-0.15, -0.1) is 0 Å². The summed E-state index contributed by atoms with van der Waals surface area (Å²) in [6.07, 6.45) is 6.26. The maximum atomic E-state index is 12.7. The molecule has 0 bridgehead atoms. The monoisotopic (exact) mass is 343 g/mol. The molecule has 1 saturated heterocycles. The molecule has 0 radical (unpaired) electrons. The molecule has 1 atom stereocenters. The second-order valence-electron chi connectivity index (χ2n) is 7.27. The van der Waals surface area contributed by atoms with Crippen LogP contribution in [0, 0.1) is 6.92 Å². The fourth-order valence-corrected chi connectivity index (χ4v) is 4.00. The molecule has 1 unspecified atom stereocenters. The van der Waals surface area contributed by atoms with Gasteiger partial charge in [0.1, 0.15) is 0 Å². The minimum absolute atomic E-state index is 0.0158. The number of rotatable bonds is 4. The fraction of sp³-hybridized carbons (Fsp3) is 0.600. The van der Waals surface area contributed by atoms with E-state index in [4.69, 9.17) is 0 Å². The van der Waals surface area contributed by atoms with Gasteiger partial charge in [0, 0.05) is 31.2 Å². The van der Waals surface area contributed by atoms with Crippen molar-refractivity contribution < 1.29 is 9.59 Å². The molecule has 1 N–H and O–H groups in total. The Kier molecular flexibility index (Phi) is 5.61. The number of hydrogen-bond acceptors (Lipinski definition) is 2. The van der Waals surface area contributed by atoms with Crippen LogP contribution in [0.25, 0.3) is 0 Å². The molecule has 136 valence electrons. The van der Waals surface area contributed by atoms with E-state index in [0.717, 1.165) is 25.1 Å². The number of nitrogens with one attached hydrogen (secondary N) is 1. The lowest BCUT2D eigenvalue weighted by Crippen LogP contribution is -2.50. The molecule has 5 nitrogen and oxygen atoms in total. The third-order valence-electron chi connectivity index (χ3n) is 5.42. The Morgan fingerprint density at radius 3 is 2.52 bits per heavy atom. The van der Waals surface area contributed by atoms with E-state index in [2.05, 4.69) is 5.32 Å². The van der Waals surface area contributed by atoms with Crippen molar-refractivity contribution in [3.8, 4) is 0 Å². The Bertz CT molecular complexity index is 608. The van der Waals surface area contributed by atoms with Gasteiger partial charge in [-0.2, -0.15) is 0 Å². The lowest BCUT2D eigenvalue weighted by Gasteiger charge is -2.34. The van der Waals surface area contributed by atoms with Crippen LogP contribution in [0.5, 0.6) is 0 Å². The Morgan fingerprint density at radius 2 is 1.88 bits per heavy atom. The largest absolute Gasteiger partial charge is 0.333 e. The number of carbonyl (C=O) groups excluding carboxylic acids is 2. The summed E-state index contributed by atoms with van der Waals surface area (Å²) in [6, 6.07) is 8.18. The normalized spacial score (nSPS) is 21.4. The molecule has 1 aliphatic carbocycles. The van der Waals surface area contributed by atoms with Gasteiger partial charge in [-0.25, -0.2) is 4.79 Å². The molecule has 3 rings (SSSR count). The summed E-state index contributed by atoms with van der Waals surface area (Å²) >= 11 is 0. The molecule has 3 amide bonds. The van der Waals surface area contributed by atoms with Gasteiger partial charge in [-0.3, -0.25) is 4.79 Å². The number of amides is 3. The summed E-state index contributed by atoms with van der Waals surface area (Å²) in [4.78, 5) is 28.8. The number of carbonyl (C=O) groups is 2. The summed E-state index contributed by atoms with van der Waals surface area (Å²) in [7, 11) is 0. The van der Waals surface area contributed by atoms with Gasteiger partial charge < -0.3 is 15.1 Å². The minimum atomic E-state index is -0.112. The molecule has 2 fully saturated rings. The summed E-state index contributed by atoms with van der Waals surface area (Å²) < 4.78 is 0. The summed E-state index contributed by atoms with van der Waals surface area (Å²) in [5, 5.41) is 3.09. The third-order valence-corrected chi connectivity index (χ3v) is 5.42. The first kappa shape index (κ1) is 17.8. The Balaban J connectivity index is 1.60. The predicted molar refractivity (Wildman–Crippen MR) is 99.7 cm³/mol. The summed E-state index contributed by atoms with van der Waals surface area (Å²) in [6.45, 7) is 5.34. The van der Waals surface area contributed by atoms with E-state index in [-0.39, 0.29) is 18.0 Å². The van der Waals surface area contributed by atoms with E-state index >= 15 is 0 Å². The number of nitrogens with zero attached hydrogens (tertiary/aromatic N) is 2. The summed E-state index contributed by atoms with van der Waals surface area (Å²) in [5.41, 5.74) is 2.08. The highest BCUT2D eigenvalue weighted by atomic mass is 16.2. The molecule has 2 aliphatic rings. The van der Waals surface area contributed by atoms with Crippen molar-refractivity contribution in [2.45, 2.75) is 64.5 Å². The van der Waals surface area contributed by atoms with Crippen molar-refractivity contribution in [2.24, 2.45) is 0 Å². The van der Waals surface area contributed by atoms with Crippen LogP contribution in [0.2, 0.25) is 0 Å². The average molecular weight is 343 g/mol. The first-order valence-corrected chi connectivity index (χ1v) is 9.52. The van der Waals surface area contributed by atoms with Crippen molar-refractivity contribution in [2.75, 3.05) is 18.0 Å². The molecule has 1 heterocycles. The molecule has 0 spiro atoms. The van der Waals surface area contributed by atoms with Crippen LogP contribution in [-0.2, 0) is 4.79 Å². The zero-order valence-corrected chi connectivity index (χ0v) is 15.3. The van der Waals surface area contributed by atoms with Crippen LogP contribution < -0.4 is 10.2 Å². The fourth-order valence-electron chi connectivity index (χ4n) is 4.00. The van der Waals surface area contributed by atoms with E-state index < -0.39 is 0 Å². The first-order chi connectivity index (χ1) is 12.1. The van der Waals surface area contributed by atoms with E-state index in [0.29, 0.717) is 19.0 Å². The van der Waals surface area contributed by atoms with Crippen LogP contribution in [0.3, 0.4) is 0 Å². The standard InChI is InChI=1S/C20H29N3O2/c1-3-22(17-7-5-4-6-8-17)20(25)21-16-13-19(24)23(14-16)18-11-9-15(2)10-12-18/h9-12,16-17H,3-8,13-14H2,1-2H3,(H,21,25). The van der Waals surface area contributed by atoms with Crippen molar-refractivity contribution >= 4 is 17.6 Å². The number of benzene rings is 1. The molecular weight excluding hydrogens is 314 g/mol. The second-order valence-corrected chi connectivity index (χ2v) is 7.27. The Morgan fingerprint density at radius 1 is 1.20 bits per heavy atom. The van der Waals surface area contributed by atoms with Crippen molar-refractivity contribution in [1.82, 2.24) is 10.2 Å². The van der Waals surface area contributed by atoms with Gasteiger partial charge in [0.2, 0.25) is 5.91 Å². The van der Waals surface area contributed by atoms with Gasteiger partial charge in [0.05, 0.1) is 6.04 Å². The Labute approximate surface area is 150 Å². The highest BCUT2D eigenvalue weighted by Gasteiger charge is 2.33. The third kappa shape index (κ3) is 4.14. The first-order valence-electron chi connectivity index (χ1n) is 9.52. The highest BCUT2D eigenvalue weighted by Crippen LogP contribution is 2.24. The van der Waals surface area contributed by atoms with E-state index in [1.54, 1.807) is 4.90 Å². The average Bonchev–Trinajstić information content (AvgIpc) is 2.97. The smallest absolute Gasteiger partial charge is 0.317 e. The number of aryl methyl sites for hydroxylation is 1. The van der Waals surface area contributed by atoms with Crippen LogP contribution >= 0.6 is 0 Å². The molecule has 1 aromatic rings. The number of hydrogen-bond donors (Lipinski definition) is 1. The molecule has 1 aliphatic heterocycles. The van der Waals surface area contributed by atoms with Crippen molar-refractivity contribution in [3.05, 3.63) is 29.8 Å². The maximum absolute atomic E-state index is 12.7. The number of urea groups is 1. The van der Waals surface area contributed by atoms with Gasteiger partial charge in [-0.1, -0.05) is 37.0 Å². The zero-order chi connectivity index (χ0) is 17.8. The lowest BCUT2D eigenvalue weighted by atomic mass is 9.94. The molecule has 1 aromatic carbocycles. The molecule has 1 saturated carbocycles. The Hall–Kier alpha value is -2.04. The zero-order valence-electron chi connectivity index (χ0n) is 15.3. The van der Waals surface area contributed by atoms with E-state index in [1.165, 1.54) is 24.8 Å². The van der Waals surface area contributed by atoms with Crippen LogP contribution in [-0.4, -0.2) is 42.0 Å². The highest BCUT2D eigenvalue weighted by molar-refractivity contribution is 5.96. The maximum Gasteiger partial charge on any atom is 0.317 e. The topological polar surface area (TPSA) is 52.7 Å². The quantitative estimate of drug-likeness (QED) is 0.910. The molecule has 5 heteroatoms. The van der Waals surface area contributed by atoms with Crippen molar-refractivity contribution in [1.29, 1.82) is 0 Å². The molecular formula is C20H29N3O2. The van der Waals surface area contributed by atoms with E-state index in [1.807, 2.05) is 43.0 Å². The summed E-state index contributed by atoms with van der Waals surface area (Å²) in [5.74, 6) is 0.0786. The van der Waals surface area contributed by atoms with Gasteiger partial charge in [-0.05, 0) is 38.8 Å². The molecule has 25 heavy (non-hydrogen) atoms. The second kappa shape index (κ2) is 7.89. The van der Waals surface area contributed by atoms with Crippen LogP contribution in [0.4, 0.5) is 10.5 Å². The van der Waals surface area contributed by atoms with Crippen LogP contribution in [0.15, 0.2) is 24.3 Å². The van der Waals surface area contributed by atoms with Gasteiger partial charge in [0.25, 0.3) is 0 Å². The van der Waals surface area contributed by atoms with Gasteiger partial charge in [0.15, 0.2) is 0 Å². The predicted octanol–water partition coefficient (Wildman–Crippen LogP) is 3.46. The lowest BCUT2D eigenvalue weighted by molar-refractivity contribution is -0.117. The minimum Gasteiger partial charge on any atom is -0.333 e.